The molecule has 0 saturated heterocycles. The number of carbonyl (C=O) groups is 3. The molecule has 4 fully saturated rings. The normalized spacial score (nSPS) is 35.5. The number of aliphatic carboxylic acids is 1. The van der Waals surface area contributed by atoms with Crippen molar-refractivity contribution in [3.05, 3.63) is 0 Å². The van der Waals surface area contributed by atoms with Gasteiger partial charge in [-0.2, -0.15) is 0 Å². The van der Waals surface area contributed by atoms with E-state index < -0.39 is 12.0 Å². The molecule has 0 aromatic heterocycles. The van der Waals surface area contributed by atoms with Gasteiger partial charge in [0.25, 0.3) is 0 Å². The number of carboxylic acids is 1. The molecule has 276 valence electrons. The molecule has 4 saturated carbocycles. The summed E-state index contributed by atoms with van der Waals surface area (Å²) in [5.74, 6) is 1.49. The van der Waals surface area contributed by atoms with Crippen LogP contribution in [0.15, 0.2) is 0 Å². The van der Waals surface area contributed by atoms with Gasteiger partial charge in [0.15, 0.2) is 0 Å². The molecule has 0 radical (unpaired) electrons. The first-order chi connectivity index (χ1) is 22.9. The van der Waals surface area contributed by atoms with Crippen molar-refractivity contribution < 1.29 is 29.7 Å². The third-order valence-electron chi connectivity index (χ3n) is 14.1. The fourth-order valence-corrected chi connectivity index (χ4v) is 11.3. The lowest BCUT2D eigenvalue weighted by Gasteiger charge is -2.62. The summed E-state index contributed by atoms with van der Waals surface area (Å²) < 4.78 is 0. The Morgan fingerprint density at radius 1 is 0.771 bits per heavy atom. The van der Waals surface area contributed by atoms with Crippen LogP contribution in [0.2, 0.25) is 0 Å². The van der Waals surface area contributed by atoms with E-state index in [9.17, 15) is 29.7 Å². The van der Waals surface area contributed by atoms with Crippen molar-refractivity contribution in [3.8, 4) is 0 Å². The summed E-state index contributed by atoms with van der Waals surface area (Å²) in [6.45, 7) is 9.92. The predicted octanol–water partition coefficient (Wildman–Crippen LogP) is 7.39. The Morgan fingerprint density at radius 2 is 1.46 bits per heavy atom. The van der Waals surface area contributed by atoms with Crippen LogP contribution in [0, 0.1) is 46.3 Å². The second kappa shape index (κ2) is 18.0. The number of carbonyl (C=O) groups excluding carboxylic acids is 2. The van der Waals surface area contributed by atoms with Crippen LogP contribution in [0.5, 0.6) is 0 Å². The zero-order valence-corrected chi connectivity index (χ0v) is 30.8. The quantitative estimate of drug-likeness (QED) is 0.0907. The highest BCUT2D eigenvalue weighted by Crippen LogP contribution is 2.68. The third-order valence-corrected chi connectivity index (χ3v) is 14.1. The van der Waals surface area contributed by atoms with Gasteiger partial charge in [0.2, 0.25) is 11.8 Å². The van der Waals surface area contributed by atoms with E-state index in [4.69, 9.17) is 0 Å². The summed E-state index contributed by atoms with van der Waals surface area (Å²) in [5, 5.41) is 37.4. The van der Waals surface area contributed by atoms with E-state index in [1.165, 1.54) is 32.1 Å². The van der Waals surface area contributed by atoms with Crippen molar-refractivity contribution in [1.29, 1.82) is 0 Å². The molecule has 2 amide bonds. The molecule has 0 aromatic rings. The molecule has 4 rings (SSSR count). The molecule has 48 heavy (non-hydrogen) atoms. The first-order valence-corrected chi connectivity index (χ1v) is 20.1. The van der Waals surface area contributed by atoms with E-state index in [1.54, 1.807) is 0 Å². The van der Waals surface area contributed by atoms with E-state index in [-0.39, 0.29) is 34.9 Å². The minimum absolute atomic E-state index is 0.0686. The van der Waals surface area contributed by atoms with Gasteiger partial charge >= 0.3 is 5.97 Å². The van der Waals surface area contributed by atoms with Crippen molar-refractivity contribution >= 4 is 17.8 Å². The fourth-order valence-electron chi connectivity index (χ4n) is 11.3. The molecule has 0 heterocycles. The molecule has 5 N–H and O–H groups in total. The van der Waals surface area contributed by atoms with Gasteiger partial charge in [-0.15, -0.1) is 0 Å². The van der Waals surface area contributed by atoms with Gasteiger partial charge in [-0.1, -0.05) is 66.2 Å². The zero-order chi connectivity index (χ0) is 34.9. The Morgan fingerprint density at radius 3 is 2.19 bits per heavy atom. The zero-order valence-electron chi connectivity index (χ0n) is 30.8. The highest BCUT2D eigenvalue weighted by molar-refractivity contribution is 5.83. The summed E-state index contributed by atoms with van der Waals surface area (Å²) in [7, 11) is 0. The molecule has 0 aliphatic heterocycles. The molecule has 4 aliphatic rings. The van der Waals surface area contributed by atoms with Crippen LogP contribution in [0.3, 0.4) is 0 Å². The van der Waals surface area contributed by atoms with Crippen LogP contribution in [0.1, 0.15) is 163 Å². The number of hydrogen-bond donors (Lipinski definition) is 5. The van der Waals surface area contributed by atoms with E-state index >= 15 is 0 Å². The number of hydrogen-bond acceptors (Lipinski definition) is 5. The summed E-state index contributed by atoms with van der Waals surface area (Å²) in [5.41, 5.74) is 0.372. The van der Waals surface area contributed by atoms with Crippen LogP contribution in [-0.4, -0.2) is 57.9 Å². The van der Waals surface area contributed by atoms with Gasteiger partial charge in [0.1, 0.15) is 6.04 Å². The van der Waals surface area contributed by atoms with Crippen molar-refractivity contribution in [2.45, 2.75) is 181 Å². The van der Waals surface area contributed by atoms with E-state index in [0.29, 0.717) is 74.2 Å². The molecule has 0 spiro atoms. The van der Waals surface area contributed by atoms with Gasteiger partial charge in [-0.25, -0.2) is 4.79 Å². The molecule has 11 atom stereocenters. The minimum Gasteiger partial charge on any atom is -0.480 e. The molecular formula is C40H70N2O6. The van der Waals surface area contributed by atoms with Crippen LogP contribution in [-0.2, 0) is 14.4 Å². The average molecular weight is 675 g/mol. The summed E-state index contributed by atoms with van der Waals surface area (Å²) >= 11 is 0. The van der Waals surface area contributed by atoms with Crippen molar-refractivity contribution in [3.63, 3.8) is 0 Å². The molecule has 6 unspecified atom stereocenters. The minimum atomic E-state index is -1.00. The third kappa shape index (κ3) is 9.56. The van der Waals surface area contributed by atoms with E-state index in [1.807, 2.05) is 0 Å². The number of amides is 2. The summed E-state index contributed by atoms with van der Waals surface area (Å²) in [4.78, 5) is 37.0. The number of nitrogens with one attached hydrogen (secondary N) is 2. The lowest BCUT2D eigenvalue weighted by molar-refractivity contribution is -0.174. The second-order valence-electron chi connectivity index (χ2n) is 17.1. The van der Waals surface area contributed by atoms with Crippen LogP contribution < -0.4 is 10.6 Å². The molecular weight excluding hydrogens is 604 g/mol. The smallest absolute Gasteiger partial charge is 0.326 e. The molecule has 4 aliphatic carbocycles. The Balaban J connectivity index is 1.16. The highest BCUT2D eigenvalue weighted by Gasteiger charge is 2.62. The van der Waals surface area contributed by atoms with Gasteiger partial charge in [0, 0.05) is 19.4 Å². The van der Waals surface area contributed by atoms with Gasteiger partial charge in [-0.3, -0.25) is 9.59 Å². The number of unbranched alkanes of at least 4 members (excludes halogenated alkanes) is 7. The topological polar surface area (TPSA) is 136 Å². The maximum absolute atomic E-state index is 13.0. The Hall–Kier alpha value is -1.67. The van der Waals surface area contributed by atoms with E-state index in [2.05, 4.69) is 38.3 Å². The van der Waals surface area contributed by atoms with E-state index in [0.717, 1.165) is 70.6 Å². The van der Waals surface area contributed by atoms with Crippen LogP contribution >= 0.6 is 0 Å². The fraction of sp³-hybridized carbons (Fsp3) is 0.925. The molecule has 0 aromatic carbocycles. The predicted molar refractivity (Wildman–Crippen MR) is 190 cm³/mol. The number of fused-ring (bicyclic) bond motifs is 5. The lowest BCUT2D eigenvalue weighted by atomic mass is 9.43. The second-order valence-corrected chi connectivity index (χ2v) is 17.1. The monoisotopic (exact) mass is 675 g/mol. The largest absolute Gasteiger partial charge is 0.480 e. The molecule has 8 nitrogen and oxygen atoms in total. The Kier molecular flexibility index (Phi) is 14.7. The van der Waals surface area contributed by atoms with Crippen molar-refractivity contribution in [2.24, 2.45) is 46.3 Å². The Labute approximate surface area is 291 Å². The summed E-state index contributed by atoms with van der Waals surface area (Å²) in [6.07, 6.45) is 19.2. The Bertz CT molecular complexity index is 1050. The maximum Gasteiger partial charge on any atom is 0.326 e. The highest BCUT2D eigenvalue weighted by atomic mass is 16.4. The molecule has 8 heteroatoms. The van der Waals surface area contributed by atoms with Crippen molar-refractivity contribution in [1.82, 2.24) is 10.6 Å². The van der Waals surface area contributed by atoms with Crippen LogP contribution in [0.4, 0.5) is 0 Å². The molecule has 0 bridgehead atoms. The van der Waals surface area contributed by atoms with Crippen molar-refractivity contribution in [2.75, 3.05) is 6.54 Å². The average Bonchev–Trinajstić information content (AvgIpc) is 3.40. The summed E-state index contributed by atoms with van der Waals surface area (Å²) in [6, 6.07) is -0.904. The first-order valence-electron chi connectivity index (χ1n) is 20.1. The lowest BCUT2D eigenvalue weighted by Crippen LogP contribution is -2.58. The number of aliphatic hydroxyl groups excluding tert-OH is 2. The standard InChI is InChI=1S/C40H70N2O6/c1-5-6-7-8-9-10-11-15-35(45)41-24-13-12-14-33(38(47)48)42-36(46)19-16-27(2)30-17-18-31-37-32(21-23-40(30,31)4)39(3)22-20-29(43)25-28(39)26-34(37)44/h27-34,37,43-44H,5-26H2,1-4H3,(H,41,45)(H,42,46)(H,47,48)/t27-,28?,29+,30?,31?,32?,33?,34-,37?,39-,40+/m0/s1. The maximum atomic E-state index is 13.0. The first kappa shape index (κ1) is 39.1. The number of rotatable bonds is 19. The number of carboxylic acid groups (broad SMARTS) is 1. The van der Waals surface area contributed by atoms with Gasteiger partial charge in [-0.05, 0) is 130 Å². The van der Waals surface area contributed by atoms with Gasteiger partial charge < -0.3 is 26.0 Å². The number of aliphatic hydroxyl groups is 2. The van der Waals surface area contributed by atoms with Crippen LogP contribution in [0.25, 0.3) is 0 Å². The SMILES string of the molecule is CCCCCCCCCC(=O)NCCCCC(NC(=O)CC[C@H](C)C1CCC2C3C(CC[C@@]21C)[C@@]1(C)CC[C@@H](O)CC1C[C@@H]3O)C(=O)O. The van der Waals surface area contributed by atoms with Gasteiger partial charge in [0.05, 0.1) is 12.2 Å².